The van der Waals surface area contributed by atoms with Gasteiger partial charge >= 0.3 is 12.9 Å². The highest BCUT2D eigenvalue weighted by molar-refractivity contribution is 7.82. The number of carbonyl (C=O) groups excluding carboxylic acids is 1. The van der Waals surface area contributed by atoms with Crippen molar-refractivity contribution < 1.29 is 18.4 Å². The Morgan fingerprint density at radius 1 is 1.13 bits per heavy atom. The smallest absolute Gasteiger partial charge is 0.405 e. The van der Waals surface area contributed by atoms with Crippen molar-refractivity contribution in [2.45, 2.75) is 19.5 Å². The molecule has 2 atom stereocenters. The fourth-order valence-electron chi connectivity index (χ4n) is 1.76. The number of hydrogen-bond acceptors (Lipinski definition) is 5. The highest BCUT2D eigenvalue weighted by atomic mass is 35.7. The summed E-state index contributed by atoms with van der Waals surface area (Å²) in [6.45, 7) is -1.96. The van der Waals surface area contributed by atoms with Crippen molar-refractivity contribution in [2.24, 2.45) is 0 Å². The number of carbonyl (C=O) groups is 1. The molecular weight excluding hydrogens is 337 g/mol. The molecule has 0 saturated carbocycles. The van der Waals surface area contributed by atoms with Crippen LogP contribution in [0.2, 0.25) is 0 Å². The fraction of sp³-hybridized carbons (Fsp3) is 0.188. The second-order valence-corrected chi connectivity index (χ2v) is 7.30. The first-order chi connectivity index (χ1) is 11.0. The zero-order valence-electron chi connectivity index (χ0n) is 12.5. The minimum Gasteiger partial charge on any atom is -0.405 e. The van der Waals surface area contributed by atoms with Gasteiger partial charge in [-0.25, -0.2) is 9.36 Å². The van der Waals surface area contributed by atoms with Gasteiger partial charge in [0.1, 0.15) is 11.8 Å². The SMILES string of the molecule is C[C@H](NCc1ccccc1)C(=O)OP(=O)(Cl)Oc1ccccc1. The average Bonchev–Trinajstić information content (AvgIpc) is 2.53. The number of nitrogens with one attached hydrogen (secondary N) is 1. The molecule has 0 aliphatic rings. The zero-order chi connectivity index (χ0) is 16.7. The maximum Gasteiger partial charge on any atom is 0.532 e. The van der Waals surface area contributed by atoms with Crippen LogP contribution in [-0.4, -0.2) is 12.0 Å². The van der Waals surface area contributed by atoms with Crippen molar-refractivity contribution in [3.63, 3.8) is 0 Å². The van der Waals surface area contributed by atoms with E-state index >= 15 is 0 Å². The quantitative estimate of drug-likeness (QED) is 0.758. The number of benzene rings is 2. The number of halogens is 1. The molecule has 7 heteroatoms. The predicted octanol–water partition coefficient (Wildman–Crippen LogP) is 4.13. The molecule has 0 aromatic heterocycles. The van der Waals surface area contributed by atoms with E-state index in [9.17, 15) is 9.36 Å². The van der Waals surface area contributed by atoms with Crippen molar-refractivity contribution >= 4 is 24.2 Å². The van der Waals surface area contributed by atoms with Gasteiger partial charge in [0.25, 0.3) is 0 Å². The molecule has 0 saturated heterocycles. The summed E-state index contributed by atoms with van der Waals surface area (Å²) >= 11 is 5.69. The van der Waals surface area contributed by atoms with Gasteiger partial charge in [-0.3, -0.25) is 0 Å². The van der Waals surface area contributed by atoms with Gasteiger partial charge in [0.05, 0.1) is 0 Å². The van der Waals surface area contributed by atoms with E-state index in [1.54, 1.807) is 37.3 Å². The summed E-state index contributed by atoms with van der Waals surface area (Å²) in [6, 6.07) is 17.2. The van der Waals surface area contributed by atoms with Crippen LogP contribution in [0, 0.1) is 0 Å². The van der Waals surface area contributed by atoms with Crippen LogP contribution in [0.4, 0.5) is 0 Å². The Morgan fingerprint density at radius 3 is 2.30 bits per heavy atom. The van der Waals surface area contributed by atoms with E-state index in [0.29, 0.717) is 6.54 Å². The Morgan fingerprint density at radius 2 is 1.70 bits per heavy atom. The van der Waals surface area contributed by atoms with Gasteiger partial charge < -0.3 is 14.4 Å². The fourth-order valence-corrected chi connectivity index (χ4v) is 2.99. The van der Waals surface area contributed by atoms with Crippen molar-refractivity contribution in [2.75, 3.05) is 0 Å². The maximum absolute atomic E-state index is 12.0. The molecule has 0 fully saturated rings. The topological polar surface area (TPSA) is 64.6 Å². The van der Waals surface area contributed by atoms with Crippen LogP contribution in [0.15, 0.2) is 60.7 Å². The molecule has 1 N–H and O–H groups in total. The van der Waals surface area contributed by atoms with Crippen molar-refractivity contribution in [1.82, 2.24) is 5.32 Å². The summed E-state index contributed by atoms with van der Waals surface area (Å²) < 4.78 is 21.9. The molecule has 0 spiro atoms. The van der Waals surface area contributed by atoms with Gasteiger partial charge in [-0.1, -0.05) is 48.5 Å². The van der Waals surface area contributed by atoms with E-state index in [4.69, 9.17) is 20.3 Å². The molecule has 23 heavy (non-hydrogen) atoms. The normalized spacial score (nSPS) is 14.5. The summed E-state index contributed by atoms with van der Waals surface area (Å²) in [4.78, 5) is 11.9. The first-order valence-electron chi connectivity index (χ1n) is 7.01. The van der Waals surface area contributed by atoms with Crippen LogP contribution in [0.25, 0.3) is 0 Å². The Hall–Kier alpha value is -1.81. The molecule has 0 heterocycles. The van der Waals surface area contributed by atoms with Gasteiger partial charge in [-0.15, -0.1) is 0 Å². The molecule has 0 aliphatic carbocycles. The lowest BCUT2D eigenvalue weighted by Crippen LogP contribution is -2.34. The van der Waals surface area contributed by atoms with Gasteiger partial charge in [-0.05, 0) is 24.6 Å². The van der Waals surface area contributed by atoms with E-state index in [-0.39, 0.29) is 5.75 Å². The van der Waals surface area contributed by atoms with Gasteiger partial charge in [0.15, 0.2) is 0 Å². The second kappa shape index (κ2) is 8.16. The molecule has 2 rings (SSSR count). The number of rotatable bonds is 7. The monoisotopic (exact) mass is 353 g/mol. The van der Waals surface area contributed by atoms with Gasteiger partial charge in [0, 0.05) is 17.8 Å². The van der Waals surface area contributed by atoms with Crippen LogP contribution in [0.3, 0.4) is 0 Å². The summed E-state index contributed by atoms with van der Waals surface area (Å²) in [5.41, 5.74) is 1.02. The van der Waals surface area contributed by atoms with Crippen molar-refractivity contribution in [3.05, 3.63) is 66.2 Å². The molecule has 2 aromatic carbocycles. The van der Waals surface area contributed by atoms with Crippen molar-refractivity contribution in [3.8, 4) is 5.75 Å². The number of hydrogen-bond donors (Lipinski definition) is 1. The summed E-state index contributed by atoms with van der Waals surface area (Å²) in [5.74, 6) is -0.473. The minimum absolute atomic E-state index is 0.267. The summed E-state index contributed by atoms with van der Waals surface area (Å²) in [6.07, 6.45) is 0. The maximum atomic E-state index is 12.0. The first-order valence-corrected chi connectivity index (χ1v) is 9.46. The van der Waals surface area contributed by atoms with E-state index in [1.165, 1.54) is 0 Å². The molecular formula is C16H17ClNO4P. The van der Waals surface area contributed by atoms with Crippen LogP contribution in [-0.2, 0) is 20.4 Å². The molecule has 0 radical (unpaired) electrons. The summed E-state index contributed by atoms with van der Waals surface area (Å²) in [5, 5.41) is 2.98. The van der Waals surface area contributed by atoms with Crippen molar-refractivity contribution in [1.29, 1.82) is 0 Å². The highest BCUT2D eigenvalue weighted by Crippen LogP contribution is 2.53. The lowest BCUT2D eigenvalue weighted by Gasteiger charge is -2.16. The largest absolute Gasteiger partial charge is 0.532 e. The van der Waals surface area contributed by atoms with E-state index in [0.717, 1.165) is 5.56 Å². The lowest BCUT2D eigenvalue weighted by atomic mass is 10.2. The van der Waals surface area contributed by atoms with Gasteiger partial charge in [-0.2, -0.15) is 0 Å². The average molecular weight is 354 g/mol. The van der Waals surface area contributed by atoms with Gasteiger partial charge in [0.2, 0.25) is 0 Å². The zero-order valence-corrected chi connectivity index (χ0v) is 14.2. The number of para-hydroxylation sites is 1. The molecule has 5 nitrogen and oxygen atoms in total. The minimum atomic E-state index is -4.04. The van der Waals surface area contributed by atoms with Crippen LogP contribution in [0.1, 0.15) is 12.5 Å². The molecule has 0 aliphatic heterocycles. The van der Waals surface area contributed by atoms with E-state index in [2.05, 4.69) is 5.32 Å². The third-order valence-electron chi connectivity index (χ3n) is 2.97. The summed E-state index contributed by atoms with van der Waals surface area (Å²) in [7, 11) is 0. The van der Waals surface area contributed by atoms with Crippen LogP contribution >= 0.6 is 18.2 Å². The van der Waals surface area contributed by atoms with Crippen LogP contribution in [0.5, 0.6) is 5.75 Å². The van der Waals surface area contributed by atoms with E-state index in [1.807, 2.05) is 30.3 Å². The Balaban J connectivity index is 1.86. The Bertz CT molecular complexity index is 681. The first kappa shape index (κ1) is 17.5. The predicted molar refractivity (Wildman–Crippen MR) is 89.4 cm³/mol. The van der Waals surface area contributed by atoms with Crippen LogP contribution < -0.4 is 9.84 Å². The Kier molecular flexibility index (Phi) is 6.22. The third kappa shape index (κ3) is 6.06. The molecule has 122 valence electrons. The molecule has 0 amide bonds. The lowest BCUT2D eigenvalue weighted by molar-refractivity contribution is -0.136. The molecule has 2 aromatic rings. The Labute approximate surface area is 139 Å². The standard InChI is InChI=1S/C16H17ClNO4P/c1-13(18-12-14-8-4-2-5-9-14)16(19)22-23(17,20)21-15-10-6-3-7-11-15/h2-11,13,18H,12H2,1H3/t13-,23?/m0/s1. The molecule has 0 bridgehead atoms. The van der Waals surface area contributed by atoms with E-state index < -0.39 is 19.0 Å². The third-order valence-corrected chi connectivity index (χ3v) is 4.21. The molecule has 1 unspecified atom stereocenters. The highest BCUT2D eigenvalue weighted by Gasteiger charge is 2.30. The second-order valence-electron chi connectivity index (χ2n) is 4.83.